The lowest BCUT2D eigenvalue weighted by atomic mass is 9.87. The Morgan fingerprint density at radius 1 is 1.47 bits per heavy atom. The van der Waals surface area contributed by atoms with Crippen LogP contribution >= 0.6 is 15.9 Å². The summed E-state index contributed by atoms with van der Waals surface area (Å²) in [5, 5.41) is 9.94. The van der Waals surface area contributed by atoms with Gasteiger partial charge in [-0.1, -0.05) is 35.8 Å². The van der Waals surface area contributed by atoms with Crippen LogP contribution in [0, 0.1) is 5.41 Å². The van der Waals surface area contributed by atoms with E-state index in [-0.39, 0.29) is 10.8 Å². The molecule has 1 saturated carbocycles. The van der Waals surface area contributed by atoms with Crippen molar-refractivity contribution in [2.24, 2.45) is 11.1 Å². The molecule has 82 valence electrons. The van der Waals surface area contributed by atoms with E-state index in [0.29, 0.717) is 12.3 Å². The molecule has 1 aliphatic rings. The third kappa shape index (κ3) is 1.41. The van der Waals surface area contributed by atoms with Gasteiger partial charge in [-0.3, -0.25) is 0 Å². The molecule has 0 aromatic heterocycles. The molecule has 1 atom stereocenters. The van der Waals surface area contributed by atoms with Crippen LogP contribution in [-0.2, 0) is 5.41 Å². The van der Waals surface area contributed by atoms with E-state index in [2.05, 4.69) is 29.8 Å². The molecule has 2 nitrogen and oxygen atoms in total. The van der Waals surface area contributed by atoms with Crippen LogP contribution in [0.2, 0.25) is 0 Å². The first-order chi connectivity index (χ1) is 6.94. The summed E-state index contributed by atoms with van der Waals surface area (Å²) in [7, 11) is 0. The highest BCUT2D eigenvalue weighted by atomic mass is 79.9. The van der Waals surface area contributed by atoms with Crippen molar-refractivity contribution in [3.8, 4) is 5.75 Å². The molecule has 1 aromatic rings. The molecule has 0 heterocycles. The SMILES string of the molecule is CC1(C)CC1(CN)c1c(O)cccc1Br. The van der Waals surface area contributed by atoms with Crippen molar-refractivity contribution in [2.45, 2.75) is 25.7 Å². The summed E-state index contributed by atoms with van der Waals surface area (Å²) in [6.07, 6.45) is 1.03. The Labute approximate surface area is 98.6 Å². The molecule has 3 heteroatoms. The minimum Gasteiger partial charge on any atom is -0.508 e. The third-order valence-corrected chi connectivity index (χ3v) is 4.39. The van der Waals surface area contributed by atoms with E-state index in [1.807, 2.05) is 12.1 Å². The molecule has 0 radical (unpaired) electrons. The number of hydrogen-bond acceptors (Lipinski definition) is 2. The van der Waals surface area contributed by atoms with E-state index in [0.717, 1.165) is 16.5 Å². The van der Waals surface area contributed by atoms with Crippen LogP contribution in [-0.4, -0.2) is 11.7 Å². The number of aromatic hydroxyl groups is 1. The van der Waals surface area contributed by atoms with Gasteiger partial charge >= 0.3 is 0 Å². The maximum Gasteiger partial charge on any atom is 0.120 e. The summed E-state index contributed by atoms with van der Waals surface area (Å²) in [5.41, 5.74) is 6.98. The number of benzene rings is 1. The van der Waals surface area contributed by atoms with Gasteiger partial charge in [0, 0.05) is 22.0 Å². The van der Waals surface area contributed by atoms with E-state index in [1.54, 1.807) is 6.07 Å². The van der Waals surface area contributed by atoms with Crippen LogP contribution in [0.1, 0.15) is 25.8 Å². The topological polar surface area (TPSA) is 46.2 Å². The van der Waals surface area contributed by atoms with Crippen molar-refractivity contribution < 1.29 is 5.11 Å². The van der Waals surface area contributed by atoms with E-state index in [1.165, 1.54) is 0 Å². The van der Waals surface area contributed by atoms with Crippen LogP contribution in [0.4, 0.5) is 0 Å². The Bertz CT molecular complexity index is 382. The molecule has 1 unspecified atom stereocenters. The van der Waals surface area contributed by atoms with Crippen LogP contribution in [0.5, 0.6) is 5.75 Å². The first kappa shape index (κ1) is 11.0. The molecule has 1 aromatic carbocycles. The maximum atomic E-state index is 9.94. The number of phenols is 1. The Morgan fingerprint density at radius 3 is 2.47 bits per heavy atom. The van der Waals surface area contributed by atoms with Crippen molar-refractivity contribution in [3.63, 3.8) is 0 Å². The van der Waals surface area contributed by atoms with Gasteiger partial charge in [0.25, 0.3) is 0 Å². The normalized spacial score (nSPS) is 27.7. The highest BCUT2D eigenvalue weighted by Gasteiger charge is 2.62. The fourth-order valence-corrected chi connectivity index (χ4v) is 3.31. The average molecular weight is 270 g/mol. The van der Waals surface area contributed by atoms with Gasteiger partial charge in [0.15, 0.2) is 0 Å². The fraction of sp³-hybridized carbons (Fsp3) is 0.500. The lowest BCUT2D eigenvalue weighted by Gasteiger charge is -2.21. The smallest absolute Gasteiger partial charge is 0.120 e. The summed E-state index contributed by atoms with van der Waals surface area (Å²) in [6, 6.07) is 5.52. The molecule has 1 aliphatic carbocycles. The maximum absolute atomic E-state index is 9.94. The Morgan fingerprint density at radius 2 is 2.07 bits per heavy atom. The molecule has 0 bridgehead atoms. The molecule has 0 aliphatic heterocycles. The molecule has 0 amide bonds. The Kier molecular flexibility index (Phi) is 2.36. The quantitative estimate of drug-likeness (QED) is 0.868. The predicted octanol–water partition coefficient (Wildman–Crippen LogP) is 2.78. The Hall–Kier alpha value is -0.540. The third-order valence-electron chi connectivity index (χ3n) is 3.73. The summed E-state index contributed by atoms with van der Waals surface area (Å²) in [4.78, 5) is 0. The summed E-state index contributed by atoms with van der Waals surface area (Å²) >= 11 is 3.50. The number of hydrogen-bond donors (Lipinski definition) is 2. The summed E-state index contributed by atoms with van der Waals surface area (Å²) in [6.45, 7) is 4.97. The predicted molar refractivity (Wildman–Crippen MR) is 64.9 cm³/mol. The molecule has 0 saturated heterocycles. The number of rotatable bonds is 2. The van der Waals surface area contributed by atoms with Gasteiger partial charge in [-0.05, 0) is 24.0 Å². The zero-order valence-electron chi connectivity index (χ0n) is 9.05. The van der Waals surface area contributed by atoms with Crippen molar-refractivity contribution in [2.75, 3.05) is 6.54 Å². The second kappa shape index (κ2) is 3.22. The lowest BCUT2D eigenvalue weighted by Crippen LogP contribution is -2.25. The number of nitrogens with two attached hydrogens (primary N) is 1. The van der Waals surface area contributed by atoms with E-state index in [9.17, 15) is 5.11 Å². The minimum absolute atomic E-state index is 0.0584. The number of phenolic OH excluding ortho intramolecular Hbond substituents is 1. The average Bonchev–Trinajstić information content (AvgIpc) is 2.69. The van der Waals surface area contributed by atoms with E-state index < -0.39 is 0 Å². The minimum atomic E-state index is -0.0584. The van der Waals surface area contributed by atoms with Crippen LogP contribution in [0.3, 0.4) is 0 Å². The standard InChI is InChI=1S/C12H16BrNO/c1-11(2)6-12(11,7-14)10-8(13)4-3-5-9(10)15/h3-5,15H,6-7,14H2,1-2H3. The van der Waals surface area contributed by atoms with Gasteiger partial charge in [-0.15, -0.1) is 0 Å². The molecule has 15 heavy (non-hydrogen) atoms. The van der Waals surface area contributed by atoms with Crippen LogP contribution in [0.15, 0.2) is 22.7 Å². The monoisotopic (exact) mass is 269 g/mol. The van der Waals surface area contributed by atoms with Gasteiger partial charge in [0.05, 0.1) is 0 Å². The first-order valence-corrected chi connectivity index (χ1v) is 5.92. The van der Waals surface area contributed by atoms with Gasteiger partial charge in [-0.25, -0.2) is 0 Å². The molecule has 3 N–H and O–H groups in total. The Balaban J connectivity index is 2.55. The zero-order chi connectivity index (χ0) is 11.3. The van der Waals surface area contributed by atoms with Crippen molar-refractivity contribution >= 4 is 15.9 Å². The molecule has 1 fully saturated rings. The van der Waals surface area contributed by atoms with Crippen molar-refractivity contribution in [3.05, 3.63) is 28.2 Å². The van der Waals surface area contributed by atoms with Crippen LogP contribution in [0.25, 0.3) is 0 Å². The lowest BCUT2D eigenvalue weighted by molar-refractivity contribution is 0.436. The highest BCUT2D eigenvalue weighted by molar-refractivity contribution is 9.10. The molecule has 2 rings (SSSR count). The van der Waals surface area contributed by atoms with E-state index >= 15 is 0 Å². The zero-order valence-corrected chi connectivity index (χ0v) is 10.6. The van der Waals surface area contributed by atoms with E-state index in [4.69, 9.17) is 5.73 Å². The second-order valence-corrected chi connectivity index (χ2v) is 5.84. The summed E-state index contributed by atoms with van der Waals surface area (Å²) < 4.78 is 0.957. The molecule has 0 spiro atoms. The van der Waals surface area contributed by atoms with Crippen LogP contribution < -0.4 is 5.73 Å². The number of halogens is 1. The van der Waals surface area contributed by atoms with Gasteiger partial charge in [0.2, 0.25) is 0 Å². The second-order valence-electron chi connectivity index (χ2n) is 4.98. The van der Waals surface area contributed by atoms with Gasteiger partial charge < -0.3 is 10.8 Å². The largest absolute Gasteiger partial charge is 0.508 e. The highest BCUT2D eigenvalue weighted by Crippen LogP contribution is 2.66. The molecular formula is C12H16BrNO. The molecular weight excluding hydrogens is 254 g/mol. The van der Waals surface area contributed by atoms with Crippen molar-refractivity contribution in [1.82, 2.24) is 0 Å². The summed E-state index contributed by atoms with van der Waals surface area (Å²) in [5.74, 6) is 0.348. The van der Waals surface area contributed by atoms with Gasteiger partial charge in [0.1, 0.15) is 5.75 Å². The van der Waals surface area contributed by atoms with Crippen molar-refractivity contribution in [1.29, 1.82) is 0 Å². The first-order valence-electron chi connectivity index (χ1n) is 5.13. The fourth-order valence-electron chi connectivity index (χ4n) is 2.57. The van der Waals surface area contributed by atoms with Gasteiger partial charge in [-0.2, -0.15) is 0 Å².